The minimum Gasteiger partial charge on any atom is -0.459 e. The zero-order chi connectivity index (χ0) is 12.1. The summed E-state index contributed by atoms with van der Waals surface area (Å²) in [6.45, 7) is 12.2. The van der Waals surface area contributed by atoms with E-state index < -0.39 is 5.60 Å². The average Bonchev–Trinajstić information content (AvgIpc) is 1.98. The maximum absolute atomic E-state index is 11.4. The molecule has 0 aliphatic heterocycles. The number of ether oxygens (including phenoxy) is 1. The van der Waals surface area contributed by atoms with Gasteiger partial charge in [-0.2, -0.15) is 0 Å². The highest BCUT2D eigenvalue weighted by Crippen LogP contribution is 2.11. The van der Waals surface area contributed by atoms with Crippen LogP contribution in [0.15, 0.2) is 0 Å². The zero-order valence-corrected chi connectivity index (χ0v) is 10.9. The van der Waals surface area contributed by atoms with Gasteiger partial charge in [0.05, 0.1) is 6.54 Å². The fourth-order valence-corrected chi connectivity index (χ4v) is 1.40. The van der Waals surface area contributed by atoms with Crippen LogP contribution in [0, 0.1) is 0 Å². The van der Waals surface area contributed by atoms with E-state index in [0.29, 0.717) is 0 Å². The van der Waals surface area contributed by atoms with Crippen LogP contribution in [-0.4, -0.2) is 23.7 Å². The molecule has 0 bridgehead atoms. The van der Waals surface area contributed by atoms with E-state index in [4.69, 9.17) is 4.74 Å². The van der Waals surface area contributed by atoms with Crippen molar-refractivity contribution in [3.8, 4) is 0 Å². The van der Waals surface area contributed by atoms with Crippen molar-refractivity contribution in [3.05, 3.63) is 0 Å². The summed E-state index contributed by atoms with van der Waals surface area (Å²) in [7, 11) is 0. The van der Waals surface area contributed by atoms with Crippen LogP contribution in [0.25, 0.3) is 0 Å². The van der Waals surface area contributed by atoms with Crippen LogP contribution in [0.4, 0.5) is 0 Å². The van der Waals surface area contributed by atoms with Crippen molar-refractivity contribution in [2.45, 2.75) is 65.5 Å². The molecule has 0 aliphatic rings. The number of carbonyl (C=O) groups is 1. The van der Waals surface area contributed by atoms with Gasteiger partial charge in [0.15, 0.2) is 0 Å². The maximum atomic E-state index is 11.4. The van der Waals surface area contributed by atoms with E-state index in [0.717, 1.165) is 12.8 Å². The molecule has 0 aromatic heterocycles. The molecule has 0 unspecified atom stereocenters. The van der Waals surface area contributed by atoms with Gasteiger partial charge in [0.2, 0.25) is 0 Å². The smallest absolute Gasteiger partial charge is 0.320 e. The lowest BCUT2D eigenvalue weighted by Crippen LogP contribution is -2.43. The Balaban J connectivity index is 3.90. The summed E-state index contributed by atoms with van der Waals surface area (Å²) >= 11 is 0. The van der Waals surface area contributed by atoms with Crippen LogP contribution in [0.3, 0.4) is 0 Å². The predicted molar refractivity (Wildman–Crippen MR) is 62.8 cm³/mol. The standard InChI is InChI=1S/C12H25NO2/c1-7-8-12(5,6)13-9-10(14)15-11(2,3)4/h13H,7-9H2,1-6H3. The van der Waals surface area contributed by atoms with Crippen molar-refractivity contribution in [1.29, 1.82) is 0 Å². The number of rotatable bonds is 5. The lowest BCUT2D eigenvalue weighted by Gasteiger charge is -2.26. The molecule has 0 radical (unpaired) electrons. The fraction of sp³-hybridized carbons (Fsp3) is 0.917. The molecule has 0 spiro atoms. The molecule has 15 heavy (non-hydrogen) atoms. The second-order valence-corrected chi connectivity index (χ2v) is 5.57. The van der Waals surface area contributed by atoms with E-state index in [-0.39, 0.29) is 18.1 Å². The third-order valence-corrected chi connectivity index (χ3v) is 2.01. The number of hydrogen-bond acceptors (Lipinski definition) is 3. The first-order chi connectivity index (χ1) is 6.66. The van der Waals surface area contributed by atoms with Crippen LogP contribution in [0.5, 0.6) is 0 Å². The summed E-state index contributed by atoms with van der Waals surface area (Å²) in [6, 6.07) is 0. The number of carbonyl (C=O) groups excluding carboxylic acids is 1. The largest absolute Gasteiger partial charge is 0.459 e. The molecule has 0 fully saturated rings. The lowest BCUT2D eigenvalue weighted by atomic mass is 9.99. The van der Waals surface area contributed by atoms with Crippen LogP contribution < -0.4 is 5.32 Å². The van der Waals surface area contributed by atoms with Crippen molar-refractivity contribution in [3.63, 3.8) is 0 Å². The molecule has 0 rings (SSSR count). The van der Waals surface area contributed by atoms with E-state index in [2.05, 4.69) is 26.1 Å². The van der Waals surface area contributed by atoms with Crippen molar-refractivity contribution >= 4 is 5.97 Å². The van der Waals surface area contributed by atoms with E-state index >= 15 is 0 Å². The molecular formula is C12H25NO2. The lowest BCUT2D eigenvalue weighted by molar-refractivity contribution is -0.154. The van der Waals surface area contributed by atoms with E-state index in [1.807, 2.05) is 20.8 Å². The normalized spacial score (nSPS) is 12.7. The molecule has 0 heterocycles. The molecule has 0 saturated heterocycles. The molecule has 3 heteroatoms. The Hall–Kier alpha value is -0.570. The van der Waals surface area contributed by atoms with Gasteiger partial charge >= 0.3 is 5.97 Å². The fourth-order valence-electron chi connectivity index (χ4n) is 1.40. The molecule has 3 nitrogen and oxygen atoms in total. The Morgan fingerprint density at radius 2 is 1.73 bits per heavy atom. The molecule has 0 amide bonds. The molecule has 0 aliphatic carbocycles. The molecule has 0 aromatic carbocycles. The second-order valence-electron chi connectivity index (χ2n) is 5.57. The quantitative estimate of drug-likeness (QED) is 0.716. The van der Waals surface area contributed by atoms with Gasteiger partial charge in [0, 0.05) is 5.54 Å². The number of esters is 1. The Morgan fingerprint density at radius 3 is 2.13 bits per heavy atom. The summed E-state index contributed by atoms with van der Waals surface area (Å²) in [4.78, 5) is 11.4. The van der Waals surface area contributed by atoms with Gasteiger partial charge in [-0.15, -0.1) is 0 Å². The second kappa shape index (κ2) is 5.50. The van der Waals surface area contributed by atoms with Crippen molar-refractivity contribution in [2.75, 3.05) is 6.54 Å². The summed E-state index contributed by atoms with van der Waals surface area (Å²) in [5, 5.41) is 3.21. The number of nitrogens with one attached hydrogen (secondary N) is 1. The van der Waals surface area contributed by atoms with Gasteiger partial charge in [-0.25, -0.2) is 0 Å². The van der Waals surface area contributed by atoms with Gasteiger partial charge < -0.3 is 10.1 Å². The van der Waals surface area contributed by atoms with Crippen LogP contribution >= 0.6 is 0 Å². The Morgan fingerprint density at radius 1 is 1.20 bits per heavy atom. The molecule has 1 N–H and O–H groups in total. The van der Waals surface area contributed by atoms with E-state index in [9.17, 15) is 4.79 Å². The third-order valence-electron chi connectivity index (χ3n) is 2.01. The molecule has 0 aromatic rings. The van der Waals surface area contributed by atoms with Crippen LogP contribution in [0.2, 0.25) is 0 Å². The van der Waals surface area contributed by atoms with Crippen molar-refractivity contribution in [2.24, 2.45) is 0 Å². The molecule has 0 saturated carbocycles. The highest BCUT2D eigenvalue weighted by Gasteiger charge is 2.20. The minimum absolute atomic E-state index is 0.00561. The maximum Gasteiger partial charge on any atom is 0.320 e. The van der Waals surface area contributed by atoms with E-state index in [1.165, 1.54) is 0 Å². The first-order valence-corrected chi connectivity index (χ1v) is 5.63. The molecular weight excluding hydrogens is 190 g/mol. The van der Waals surface area contributed by atoms with Gasteiger partial charge in [0.25, 0.3) is 0 Å². The van der Waals surface area contributed by atoms with Crippen molar-refractivity contribution in [1.82, 2.24) is 5.32 Å². The highest BCUT2D eigenvalue weighted by atomic mass is 16.6. The topological polar surface area (TPSA) is 38.3 Å². The molecule has 0 atom stereocenters. The van der Waals surface area contributed by atoms with Gasteiger partial charge in [-0.1, -0.05) is 13.3 Å². The summed E-state index contributed by atoms with van der Waals surface area (Å²) in [6.07, 6.45) is 2.16. The van der Waals surface area contributed by atoms with E-state index in [1.54, 1.807) is 0 Å². The minimum atomic E-state index is -0.395. The predicted octanol–water partition coefficient (Wildman–Crippen LogP) is 2.50. The first kappa shape index (κ1) is 14.4. The highest BCUT2D eigenvalue weighted by molar-refractivity contribution is 5.72. The van der Waals surface area contributed by atoms with Gasteiger partial charge in [0.1, 0.15) is 5.60 Å². The Kier molecular flexibility index (Phi) is 5.29. The van der Waals surface area contributed by atoms with Gasteiger partial charge in [-0.05, 0) is 41.0 Å². The third kappa shape index (κ3) is 8.43. The van der Waals surface area contributed by atoms with Crippen molar-refractivity contribution < 1.29 is 9.53 Å². The monoisotopic (exact) mass is 215 g/mol. The SMILES string of the molecule is CCCC(C)(C)NCC(=O)OC(C)(C)C. The zero-order valence-electron chi connectivity index (χ0n) is 10.9. The van der Waals surface area contributed by atoms with Crippen LogP contribution in [-0.2, 0) is 9.53 Å². The Bertz CT molecular complexity index is 204. The summed E-state index contributed by atoms with van der Waals surface area (Å²) in [5.74, 6) is -0.188. The number of hydrogen-bond donors (Lipinski definition) is 1. The summed E-state index contributed by atoms with van der Waals surface area (Å²) < 4.78 is 5.21. The summed E-state index contributed by atoms with van der Waals surface area (Å²) in [5.41, 5.74) is -0.390. The molecule has 90 valence electrons. The Labute approximate surface area is 93.6 Å². The van der Waals surface area contributed by atoms with Gasteiger partial charge in [-0.3, -0.25) is 4.79 Å². The average molecular weight is 215 g/mol. The van der Waals surface area contributed by atoms with Crippen LogP contribution in [0.1, 0.15) is 54.4 Å². The first-order valence-electron chi connectivity index (χ1n) is 5.63.